The van der Waals surface area contributed by atoms with Crippen LogP contribution in [0.4, 0.5) is 21.6 Å². The van der Waals surface area contributed by atoms with E-state index >= 15 is 0 Å². The van der Waals surface area contributed by atoms with E-state index in [0.29, 0.717) is 32.7 Å². The SMILES string of the molecule is Nc1ncnc2scc(C(=O)Nc3ccc(NC(=O)c4ccc(F)cc4)cc3)c12. The number of carbonyl (C=O) groups excluding carboxylic acids is 2. The maximum absolute atomic E-state index is 13.0. The number of carbonyl (C=O) groups is 2. The van der Waals surface area contributed by atoms with E-state index in [9.17, 15) is 14.0 Å². The normalized spacial score (nSPS) is 10.7. The highest BCUT2D eigenvalue weighted by Gasteiger charge is 2.16. The Balaban J connectivity index is 1.46. The van der Waals surface area contributed by atoms with Crippen LogP contribution in [0.2, 0.25) is 0 Å². The molecular formula is C20H14FN5O2S. The third-order valence-electron chi connectivity index (χ3n) is 4.15. The lowest BCUT2D eigenvalue weighted by molar-refractivity contribution is 0.101. The molecule has 0 atom stereocenters. The van der Waals surface area contributed by atoms with Crippen molar-refractivity contribution in [2.75, 3.05) is 16.4 Å². The van der Waals surface area contributed by atoms with Gasteiger partial charge in [-0.3, -0.25) is 9.59 Å². The maximum atomic E-state index is 13.0. The van der Waals surface area contributed by atoms with E-state index in [-0.39, 0.29) is 17.6 Å². The van der Waals surface area contributed by atoms with E-state index in [1.807, 2.05) is 0 Å². The first-order chi connectivity index (χ1) is 14.0. The number of hydrogen-bond acceptors (Lipinski definition) is 6. The van der Waals surface area contributed by atoms with Crippen LogP contribution in [0.15, 0.2) is 60.2 Å². The van der Waals surface area contributed by atoms with Crippen LogP contribution in [0.25, 0.3) is 10.2 Å². The van der Waals surface area contributed by atoms with Crippen LogP contribution in [0, 0.1) is 5.82 Å². The summed E-state index contributed by atoms with van der Waals surface area (Å²) >= 11 is 1.31. The number of benzene rings is 2. The summed E-state index contributed by atoms with van der Waals surface area (Å²) < 4.78 is 13.0. The number of aromatic nitrogens is 2. The number of fused-ring (bicyclic) bond motifs is 1. The second-order valence-electron chi connectivity index (χ2n) is 6.08. The van der Waals surface area contributed by atoms with Gasteiger partial charge in [-0.25, -0.2) is 14.4 Å². The van der Waals surface area contributed by atoms with E-state index in [2.05, 4.69) is 20.6 Å². The Bertz CT molecular complexity index is 1210. The summed E-state index contributed by atoms with van der Waals surface area (Å²) in [6, 6.07) is 11.9. The molecule has 0 saturated carbocycles. The van der Waals surface area contributed by atoms with Gasteiger partial charge in [0.1, 0.15) is 22.8 Å². The molecule has 2 heterocycles. The number of amides is 2. The number of rotatable bonds is 4. The molecule has 0 aliphatic rings. The molecule has 7 nitrogen and oxygen atoms in total. The molecule has 144 valence electrons. The molecule has 0 bridgehead atoms. The minimum absolute atomic E-state index is 0.250. The molecule has 4 rings (SSSR count). The molecule has 0 fully saturated rings. The van der Waals surface area contributed by atoms with Gasteiger partial charge >= 0.3 is 0 Å². The van der Waals surface area contributed by atoms with Gasteiger partial charge < -0.3 is 16.4 Å². The molecule has 29 heavy (non-hydrogen) atoms. The van der Waals surface area contributed by atoms with Crippen LogP contribution < -0.4 is 16.4 Å². The predicted octanol–water partition coefficient (Wildman–Crippen LogP) is 3.92. The summed E-state index contributed by atoms with van der Waals surface area (Å²) in [6.45, 7) is 0. The van der Waals surface area contributed by atoms with Crippen LogP contribution in [-0.2, 0) is 0 Å². The Labute approximate surface area is 168 Å². The van der Waals surface area contributed by atoms with Crippen molar-refractivity contribution in [3.05, 3.63) is 77.2 Å². The van der Waals surface area contributed by atoms with Crippen molar-refractivity contribution in [2.45, 2.75) is 0 Å². The average Bonchev–Trinajstić information content (AvgIpc) is 3.16. The molecular weight excluding hydrogens is 393 g/mol. The number of nitrogens with two attached hydrogens (primary N) is 1. The van der Waals surface area contributed by atoms with Crippen molar-refractivity contribution < 1.29 is 14.0 Å². The Hall–Kier alpha value is -3.85. The van der Waals surface area contributed by atoms with Crippen LogP contribution in [0.3, 0.4) is 0 Å². The van der Waals surface area contributed by atoms with Crippen LogP contribution in [0.1, 0.15) is 20.7 Å². The van der Waals surface area contributed by atoms with Crippen LogP contribution in [-0.4, -0.2) is 21.8 Å². The highest BCUT2D eigenvalue weighted by molar-refractivity contribution is 7.17. The molecule has 0 aliphatic carbocycles. The summed E-state index contributed by atoms with van der Waals surface area (Å²) in [6.07, 6.45) is 1.36. The van der Waals surface area contributed by atoms with E-state index in [4.69, 9.17) is 5.73 Å². The van der Waals surface area contributed by atoms with Crippen molar-refractivity contribution in [1.82, 2.24) is 9.97 Å². The van der Waals surface area contributed by atoms with Crippen molar-refractivity contribution in [2.24, 2.45) is 0 Å². The molecule has 0 spiro atoms. The molecule has 4 N–H and O–H groups in total. The zero-order valence-electron chi connectivity index (χ0n) is 14.8. The first-order valence-electron chi connectivity index (χ1n) is 8.47. The summed E-state index contributed by atoms with van der Waals surface area (Å²) in [7, 11) is 0. The zero-order valence-corrected chi connectivity index (χ0v) is 15.7. The number of thiophene rings is 1. The van der Waals surface area contributed by atoms with E-state index in [1.54, 1.807) is 29.6 Å². The standard InChI is InChI=1S/C20H14FN5O2S/c21-12-3-1-11(2-4-12)18(27)25-13-5-7-14(8-6-13)26-19(28)15-9-29-20-16(15)17(22)23-10-24-20/h1-10H,(H,25,27)(H,26,28)(H2,22,23,24). The van der Waals surface area contributed by atoms with Crippen molar-refractivity contribution in [3.63, 3.8) is 0 Å². The third-order valence-corrected chi connectivity index (χ3v) is 5.04. The maximum Gasteiger partial charge on any atom is 0.257 e. The first-order valence-corrected chi connectivity index (χ1v) is 9.35. The molecule has 2 aromatic heterocycles. The van der Waals surface area contributed by atoms with Gasteiger partial charge in [-0.1, -0.05) is 0 Å². The molecule has 0 saturated heterocycles. The fraction of sp³-hybridized carbons (Fsp3) is 0. The summed E-state index contributed by atoms with van der Waals surface area (Å²) in [5, 5.41) is 7.71. The lowest BCUT2D eigenvalue weighted by Gasteiger charge is -2.08. The highest BCUT2D eigenvalue weighted by atomic mass is 32.1. The van der Waals surface area contributed by atoms with Gasteiger partial charge in [-0.2, -0.15) is 0 Å². The Morgan fingerprint density at radius 3 is 2.17 bits per heavy atom. The Morgan fingerprint density at radius 2 is 1.52 bits per heavy atom. The number of nitrogens with zero attached hydrogens (tertiary/aromatic N) is 2. The lowest BCUT2D eigenvalue weighted by atomic mass is 10.2. The Morgan fingerprint density at radius 1 is 0.897 bits per heavy atom. The molecule has 2 amide bonds. The minimum Gasteiger partial charge on any atom is -0.383 e. The first kappa shape index (κ1) is 18.5. The highest BCUT2D eigenvalue weighted by Crippen LogP contribution is 2.28. The van der Waals surface area contributed by atoms with E-state index in [1.165, 1.54) is 41.9 Å². The number of hydrogen-bond donors (Lipinski definition) is 3. The minimum atomic E-state index is -0.409. The van der Waals surface area contributed by atoms with Gasteiger partial charge in [0.15, 0.2) is 0 Å². The Kier molecular flexibility index (Phi) is 4.88. The molecule has 0 unspecified atom stereocenters. The van der Waals surface area contributed by atoms with Gasteiger partial charge in [0.2, 0.25) is 0 Å². The molecule has 9 heteroatoms. The smallest absolute Gasteiger partial charge is 0.257 e. The van der Waals surface area contributed by atoms with Crippen LogP contribution in [0.5, 0.6) is 0 Å². The number of anilines is 3. The summed E-state index contributed by atoms with van der Waals surface area (Å²) in [5.41, 5.74) is 7.69. The third kappa shape index (κ3) is 3.90. The second-order valence-corrected chi connectivity index (χ2v) is 6.94. The number of halogens is 1. The molecule has 0 aliphatic heterocycles. The second kappa shape index (κ2) is 7.64. The summed E-state index contributed by atoms with van der Waals surface area (Å²) in [4.78, 5) is 33.5. The van der Waals surface area contributed by atoms with Gasteiger partial charge in [0.05, 0.1) is 10.9 Å². The van der Waals surface area contributed by atoms with Gasteiger partial charge in [0, 0.05) is 22.3 Å². The monoisotopic (exact) mass is 407 g/mol. The van der Waals surface area contributed by atoms with Crippen molar-refractivity contribution in [1.29, 1.82) is 0 Å². The fourth-order valence-electron chi connectivity index (χ4n) is 2.71. The van der Waals surface area contributed by atoms with Gasteiger partial charge in [-0.15, -0.1) is 11.3 Å². The zero-order chi connectivity index (χ0) is 20.4. The van der Waals surface area contributed by atoms with Crippen LogP contribution >= 0.6 is 11.3 Å². The quantitative estimate of drug-likeness (QED) is 0.475. The van der Waals surface area contributed by atoms with Crippen molar-refractivity contribution >= 4 is 50.6 Å². The van der Waals surface area contributed by atoms with E-state index < -0.39 is 5.82 Å². The predicted molar refractivity (Wildman–Crippen MR) is 111 cm³/mol. The lowest BCUT2D eigenvalue weighted by Crippen LogP contribution is -2.13. The van der Waals surface area contributed by atoms with Crippen molar-refractivity contribution in [3.8, 4) is 0 Å². The molecule has 4 aromatic rings. The topological polar surface area (TPSA) is 110 Å². The largest absolute Gasteiger partial charge is 0.383 e. The van der Waals surface area contributed by atoms with Gasteiger partial charge in [0.25, 0.3) is 11.8 Å². The molecule has 0 radical (unpaired) electrons. The average molecular weight is 407 g/mol. The summed E-state index contributed by atoms with van der Waals surface area (Å²) in [5.74, 6) is -0.850. The van der Waals surface area contributed by atoms with Gasteiger partial charge in [-0.05, 0) is 48.5 Å². The number of nitrogen functional groups attached to an aromatic ring is 1. The fourth-order valence-corrected chi connectivity index (χ4v) is 3.60. The number of nitrogens with one attached hydrogen (secondary N) is 2. The molecule has 2 aromatic carbocycles. The van der Waals surface area contributed by atoms with E-state index in [0.717, 1.165) is 0 Å².